The lowest BCUT2D eigenvalue weighted by Crippen LogP contribution is -2.73. The lowest BCUT2D eigenvalue weighted by molar-refractivity contribution is -0.136. The Kier molecular flexibility index (Phi) is 9.68. The molecule has 0 bridgehead atoms. The molecule has 58 heavy (non-hydrogen) atoms. The van der Waals surface area contributed by atoms with Crippen molar-refractivity contribution in [2.75, 3.05) is 55.6 Å². The van der Waals surface area contributed by atoms with E-state index in [0.717, 1.165) is 74.9 Å². The van der Waals surface area contributed by atoms with Gasteiger partial charge in [-0.15, -0.1) is 0 Å². The second-order valence-corrected chi connectivity index (χ2v) is 17.6. The van der Waals surface area contributed by atoms with Crippen LogP contribution in [0, 0.1) is 22.7 Å². The van der Waals surface area contributed by atoms with Gasteiger partial charge in [0, 0.05) is 105 Å². The largest absolute Gasteiger partial charge is 0.491 e. The van der Waals surface area contributed by atoms with Gasteiger partial charge in [-0.25, -0.2) is 0 Å². The van der Waals surface area contributed by atoms with Gasteiger partial charge in [0.2, 0.25) is 11.8 Å². The van der Waals surface area contributed by atoms with Crippen LogP contribution in [0.25, 0.3) is 0 Å². The van der Waals surface area contributed by atoms with E-state index in [-0.39, 0.29) is 36.9 Å². The third kappa shape index (κ3) is 6.86. The fourth-order valence-electron chi connectivity index (χ4n) is 10.1. The lowest BCUT2D eigenvalue weighted by Gasteiger charge is -2.62. The molecule has 1 spiro atoms. The zero-order valence-electron chi connectivity index (χ0n) is 32.7. The minimum Gasteiger partial charge on any atom is -0.491 e. The van der Waals surface area contributed by atoms with Crippen LogP contribution >= 0.6 is 11.6 Å². The number of halogens is 1. The van der Waals surface area contributed by atoms with Crippen LogP contribution in [0.15, 0.2) is 60.7 Å². The molecular formula is C44H46ClN7O6. The van der Waals surface area contributed by atoms with Crippen molar-refractivity contribution < 1.29 is 28.7 Å². The molecule has 3 aromatic rings. The second kappa shape index (κ2) is 14.7. The minimum absolute atomic E-state index is 0.0515. The highest BCUT2D eigenvalue weighted by atomic mass is 35.5. The number of imide groups is 2. The number of amides is 5. The summed E-state index contributed by atoms with van der Waals surface area (Å²) in [5, 5.41) is 11.8. The van der Waals surface area contributed by atoms with Crippen molar-refractivity contribution in [2.45, 2.75) is 70.2 Å². The number of carbonyl (C=O) groups excluding carboxylic acids is 5. The first kappa shape index (κ1) is 38.1. The SMILES string of the molecule is CC(CC1CCC(C)N1C(=O)c1ccc(N2CC3(CN(CC4CN(c5ccc6c(c5)C(=O)N(C5CCC(=O)NC5=O)C6=O)C4)C3)C2)cc1)Oc1ccc(C#N)c(Cl)c1. The number of nitriles is 1. The molecule has 13 nitrogen and oxygen atoms in total. The molecule has 5 amide bonds. The van der Waals surface area contributed by atoms with E-state index in [1.165, 1.54) is 0 Å². The highest BCUT2D eigenvalue weighted by molar-refractivity contribution is 6.31. The fraction of sp³-hybridized carbons (Fsp3) is 0.455. The zero-order chi connectivity index (χ0) is 40.5. The van der Waals surface area contributed by atoms with Crippen LogP contribution in [0.4, 0.5) is 11.4 Å². The van der Waals surface area contributed by atoms with Gasteiger partial charge in [0.15, 0.2) is 0 Å². The molecule has 1 N–H and O–H groups in total. The van der Waals surface area contributed by atoms with Crippen LogP contribution in [0.2, 0.25) is 5.02 Å². The number of anilines is 2. The van der Waals surface area contributed by atoms with Gasteiger partial charge < -0.3 is 24.3 Å². The summed E-state index contributed by atoms with van der Waals surface area (Å²) < 4.78 is 6.14. The summed E-state index contributed by atoms with van der Waals surface area (Å²) in [4.78, 5) is 74.4. The number of nitrogens with zero attached hydrogens (tertiary/aromatic N) is 6. The predicted molar refractivity (Wildman–Crippen MR) is 216 cm³/mol. The highest BCUT2D eigenvalue weighted by Gasteiger charge is 2.52. The molecule has 5 fully saturated rings. The van der Waals surface area contributed by atoms with E-state index in [0.29, 0.717) is 50.8 Å². The van der Waals surface area contributed by atoms with E-state index in [1.807, 2.05) is 30.0 Å². The number of benzene rings is 3. The highest BCUT2D eigenvalue weighted by Crippen LogP contribution is 2.43. The number of piperidine rings is 1. The average molecular weight is 804 g/mol. The average Bonchev–Trinajstić information content (AvgIpc) is 3.63. The topological polar surface area (TPSA) is 147 Å². The summed E-state index contributed by atoms with van der Waals surface area (Å²) >= 11 is 6.20. The Morgan fingerprint density at radius 1 is 0.914 bits per heavy atom. The number of fused-ring (bicyclic) bond motifs is 1. The summed E-state index contributed by atoms with van der Waals surface area (Å²) in [5.41, 5.74) is 4.05. The van der Waals surface area contributed by atoms with Gasteiger partial charge in [0.1, 0.15) is 17.9 Å². The summed E-state index contributed by atoms with van der Waals surface area (Å²) in [6.45, 7) is 11.0. The van der Waals surface area contributed by atoms with Crippen molar-refractivity contribution in [3.05, 3.63) is 87.9 Å². The fourth-order valence-corrected chi connectivity index (χ4v) is 10.3. The van der Waals surface area contributed by atoms with Gasteiger partial charge >= 0.3 is 0 Å². The number of carbonyl (C=O) groups is 5. The summed E-state index contributed by atoms with van der Waals surface area (Å²) in [5.74, 6) is -0.787. The first-order chi connectivity index (χ1) is 27.9. The number of ether oxygens (including phenoxy) is 1. The molecule has 5 saturated heterocycles. The second-order valence-electron chi connectivity index (χ2n) is 17.2. The molecule has 4 unspecified atom stereocenters. The van der Waals surface area contributed by atoms with E-state index >= 15 is 0 Å². The number of likely N-dealkylation sites (tertiary alicyclic amines) is 2. The smallest absolute Gasteiger partial charge is 0.262 e. The molecular weight excluding hydrogens is 758 g/mol. The van der Waals surface area contributed by atoms with Gasteiger partial charge in [0.05, 0.1) is 27.8 Å². The van der Waals surface area contributed by atoms with Crippen molar-refractivity contribution in [3.63, 3.8) is 0 Å². The van der Waals surface area contributed by atoms with Crippen molar-refractivity contribution in [1.82, 2.24) is 20.0 Å². The number of nitrogens with one attached hydrogen (secondary N) is 1. The van der Waals surface area contributed by atoms with E-state index in [4.69, 9.17) is 21.6 Å². The van der Waals surface area contributed by atoms with Crippen LogP contribution in [0.3, 0.4) is 0 Å². The maximum absolute atomic E-state index is 13.8. The number of rotatable bonds is 10. The van der Waals surface area contributed by atoms with Crippen LogP contribution in [0.5, 0.6) is 5.75 Å². The van der Waals surface area contributed by atoms with E-state index in [2.05, 4.69) is 45.1 Å². The summed E-state index contributed by atoms with van der Waals surface area (Å²) in [7, 11) is 0. The van der Waals surface area contributed by atoms with E-state index in [1.54, 1.807) is 30.3 Å². The maximum atomic E-state index is 13.8. The summed E-state index contributed by atoms with van der Waals surface area (Å²) in [6, 6.07) is 19.8. The van der Waals surface area contributed by atoms with Gasteiger partial charge in [-0.1, -0.05) is 11.6 Å². The van der Waals surface area contributed by atoms with E-state index < -0.39 is 29.7 Å². The van der Waals surface area contributed by atoms with Gasteiger partial charge in [-0.2, -0.15) is 5.26 Å². The van der Waals surface area contributed by atoms with E-state index in [9.17, 15) is 24.0 Å². The van der Waals surface area contributed by atoms with Crippen LogP contribution in [0.1, 0.15) is 82.6 Å². The molecule has 6 aliphatic heterocycles. The molecule has 0 aromatic heterocycles. The molecule has 6 aliphatic rings. The lowest BCUT2D eigenvalue weighted by atomic mass is 9.72. The molecule has 9 rings (SSSR count). The van der Waals surface area contributed by atoms with Crippen LogP contribution < -0.4 is 19.9 Å². The predicted octanol–water partition coefficient (Wildman–Crippen LogP) is 4.72. The van der Waals surface area contributed by atoms with Crippen molar-refractivity contribution >= 4 is 52.5 Å². The minimum atomic E-state index is -0.968. The number of hydrogen-bond donors (Lipinski definition) is 1. The molecule has 0 radical (unpaired) electrons. The zero-order valence-corrected chi connectivity index (χ0v) is 33.4. The maximum Gasteiger partial charge on any atom is 0.262 e. The molecule has 3 aromatic carbocycles. The van der Waals surface area contributed by atoms with Gasteiger partial charge in [-0.3, -0.25) is 34.2 Å². The Labute approximate surface area is 342 Å². The Morgan fingerprint density at radius 2 is 1.64 bits per heavy atom. The standard InChI is InChI=1S/C44H46ClN7O6/c1-26-3-7-33(15-27(2)58-34-11-6-30(18-46)37(45)17-34)51(26)41(55)29-4-8-31(9-5-29)50-24-44(25-50)22-48(23-44)19-28-20-49(21-28)32-10-12-35-36(16-32)43(57)52(42(35)56)38-13-14-39(53)47-40(38)54/h4-6,8-12,16-17,26-28,33,38H,3,7,13-15,19-25H2,1-2H3,(H,47,53,54). The molecule has 14 heteroatoms. The molecule has 0 saturated carbocycles. The summed E-state index contributed by atoms with van der Waals surface area (Å²) in [6.07, 6.45) is 2.67. The quantitative estimate of drug-likeness (QED) is 0.286. The van der Waals surface area contributed by atoms with Crippen LogP contribution in [-0.4, -0.2) is 114 Å². The Hall–Kier alpha value is -5.45. The third-order valence-electron chi connectivity index (χ3n) is 12.9. The van der Waals surface area contributed by atoms with Crippen molar-refractivity contribution in [1.29, 1.82) is 5.26 Å². The third-order valence-corrected chi connectivity index (χ3v) is 13.2. The first-order valence-corrected chi connectivity index (χ1v) is 20.6. The molecule has 4 atom stereocenters. The van der Waals surface area contributed by atoms with Crippen molar-refractivity contribution in [3.8, 4) is 11.8 Å². The Morgan fingerprint density at radius 3 is 2.34 bits per heavy atom. The Balaban J connectivity index is 0.722. The molecule has 0 aliphatic carbocycles. The Bertz CT molecular complexity index is 2240. The number of hydrogen-bond acceptors (Lipinski definition) is 10. The first-order valence-electron chi connectivity index (χ1n) is 20.3. The van der Waals surface area contributed by atoms with Gasteiger partial charge in [-0.05, 0) is 87.7 Å². The molecule has 6 heterocycles. The van der Waals surface area contributed by atoms with Crippen molar-refractivity contribution in [2.24, 2.45) is 11.3 Å². The normalized spacial score (nSPS) is 24.6. The van der Waals surface area contributed by atoms with Crippen LogP contribution in [-0.2, 0) is 9.59 Å². The monoisotopic (exact) mass is 803 g/mol. The molecule has 300 valence electrons. The van der Waals surface area contributed by atoms with Gasteiger partial charge in [0.25, 0.3) is 17.7 Å².